The predicted octanol–water partition coefficient (Wildman–Crippen LogP) is 2.88. The van der Waals surface area contributed by atoms with Gasteiger partial charge >= 0.3 is 0 Å². The molecular formula is C19H24ClFN4O3S. The van der Waals surface area contributed by atoms with Crippen molar-refractivity contribution in [2.75, 3.05) is 25.0 Å². The van der Waals surface area contributed by atoms with Gasteiger partial charge in [0.25, 0.3) is 10.0 Å². The number of benzene rings is 1. The van der Waals surface area contributed by atoms with E-state index in [0.29, 0.717) is 18.8 Å². The van der Waals surface area contributed by atoms with E-state index in [1.54, 1.807) is 17.7 Å². The van der Waals surface area contributed by atoms with E-state index in [2.05, 4.69) is 10.3 Å². The molecule has 0 radical (unpaired) electrons. The number of hydrogen-bond acceptors (Lipinski definition) is 5. The van der Waals surface area contributed by atoms with Gasteiger partial charge in [0.05, 0.1) is 17.5 Å². The Balaban J connectivity index is 1.59. The summed E-state index contributed by atoms with van der Waals surface area (Å²) in [4.78, 5) is 4.02. The summed E-state index contributed by atoms with van der Waals surface area (Å²) in [5.41, 5.74) is 0.652. The molecule has 1 N–H and O–H groups in total. The number of nitrogens with one attached hydrogen (secondary N) is 1. The van der Waals surface area contributed by atoms with Crippen molar-refractivity contribution in [2.45, 2.75) is 36.4 Å². The Hall–Kier alpha value is -1.68. The number of halogens is 2. The Labute approximate surface area is 174 Å². The van der Waals surface area contributed by atoms with Crippen LogP contribution in [0, 0.1) is 11.7 Å². The molecular weight excluding hydrogens is 419 g/mol. The largest absolute Gasteiger partial charge is 0.381 e. The maximum atomic E-state index is 13.5. The van der Waals surface area contributed by atoms with Crippen LogP contribution in [0.3, 0.4) is 0 Å². The molecule has 4 rings (SSSR count). The summed E-state index contributed by atoms with van der Waals surface area (Å²) in [5.74, 6) is -0.521. The van der Waals surface area contributed by atoms with Crippen LogP contribution in [0.4, 0.5) is 10.1 Å². The zero-order chi connectivity index (χ0) is 20.6. The van der Waals surface area contributed by atoms with Gasteiger partial charge in [-0.2, -0.15) is 4.31 Å². The van der Waals surface area contributed by atoms with Gasteiger partial charge in [0.2, 0.25) is 0 Å². The van der Waals surface area contributed by atoms with Crippen LogP contribution in [-0.4, -0.2) is 54.1 Å². The van der Waals surface area contributed by atoms with Crippen LogP contribution < -0.4 is 5.32 Å². The molecule has 2 saturated heterocycles. The molecule has 0 saturated carbocycles. The smallest absolute Gasteiger partial charge is 0.262 e. The Bertz CT molecular complexity index is 978. The summed E-state index contributed by atoms with van der Waals surface area (Å²) in [6.07, 6.45) is 5.92. The number of ether oxygens (including phenoxy) is 1. The minimum atomic E-state index is -3.71. The van der Waals surface area contributed by atoms with Crippen molar-refractivity contribution in [3.05, 3.63) is 41.6 Å². The topological polar surface area (TPSA) is 76.5 Å². The lowest BCUT2D eigenvalue weighted by Gasteiger charge is -2.31. The van der Waals surface area contributed by atoms with Crippen LogP contribution in [0.1, 0.15) is 19.3 Å². The molecule has 3 atom stereocenters. The zero-order valence-corrected chi connectivity index (χ0v) is 17.7. The van der Waals surface area contributed by atoms with Crippen LogP contribution in [0.2, 0.25) is 5.02 Å². The van der Waals surface area contributed by atoms with Gasteiger partial charge in [0, 0.05) is 50.6 Å². The molecule has 0 aliphatic carbocycles. The first-order valence-corrected chi connectivity index (χ1v) is 11.5. The number of aromatic nitrogens is 2. The summed E-state index contributed by atoms with van der Waals surface area (Å²) in [6, 6.07) is 4.24. The highest BCUT2D eigenvalue weighted by Gasteiger charge is 2.44. The number of hydrogen-bond donors (Lipinski definition) is 1. The van der Waals surface area contributed by atoms with Crippen molar-refractivity contribution in [1.82, 2.24) is 13.9 Å². The summed E-state index contributed by atoms with van der Waals surface area (Å²) in [7, 11) is -1.98. The van der Waals surface area contributed by atoms with Crippen molar-refractivity contribution in [2.24, 2.45) is 13.0 Å². The molecule has 3 heterocycles. The van der Waals surface area contributed by atoms with Gasteiger partial charge in [0.1, 0.15) is 5.82 Å². The van der Waals surface area contributed by atoms with Crippen molar-refractivity contribution in [3.63, 3.8) is 0 Å². The number of sulfonamides is 1. The monoisotopic (exact) mass is 442 g/mol. The highest BCUT2D eigenvalue weighted by Crippen LogP contribution is 2.33. The van der Waals surface area contributed by atoms with E-state index in [1.165, 1.54) is 29.0 Å². The fourth-order valence-corrected chi connectivity index (χ4v) is 5.73. The highest BCUT2D eigenvalue weighted by atomic mass is 35.5. The fraction of sp³-hybridized carbons (Fsp3) is 0.526. The number of nitrogens with zero attached hydrogens (tertiary/aromatic N) is 3. The quantitative estimate of drug-likeness (QED) is 0.770. The maximum absolute atomic E-state index is 13.5. The average molecular weight is 443 g/mol. The lowest BCUT2D eigenvalue weighted by atomic mass is 9.91. The van der Waals surface area contributed by atoms with Crippen LogP contribution in [0.25, 0.3) is 0 Å². The molecule has 1 aromatic heterocycles. The molecule has 2 fully saturated rings. The van der Waals surface area contributed by atoms with Gasteiger partial charge in [-0.05, 0) is 37.5 Å². The lowest BCUT2D eigenvalue weighted by Crippen LogP contribution is -2.39. The van der Waals surface area contributed by atoms with E-state index in [4.69, 9.17) is 16.3 Å². The van der Waals surface area contributed by atoms with Crippen molar-refractivity contribution >= 4 is 27.3 Å². The van der Waals surface area contributed by atoms with Gasteiger partial charge in [0.15, 0.2) is 5.03 Å². The third-order valence-corrected chi connectivity index (χ3v) is 7.59. The maximum Gasteiger partial charge on any atom is 0.262 e. The molecule has 0 bridgehead atoms. The SMILES string of the molecule is Cn1cnc(S(=O)(=O)N2C[C@H](Nc3ccc(F)c(Cl)c3)[C@@H](C3CCCCO3)C2)c1. The van der Waals surface area contributed by atoms with Gasteiger partial charge in [-0.25, -0.2) is 17.8 Å². The van der Waals surface area contributed by atoms with Crippen LogP contribution in [0.15, 0.2) is 35.7 Å². The second-order valence-corrected chi connectivity index (χ2v) is 9.94. The number of anilines is 1. The van der Waals surface area contributed by atoms with E-state index in [0.717, 1.165) is 19.3 Å². The second kappa shape index (κ2) is 8.22. The molecule has 2 aromatic rings. The molecule has 1 aromatic carbocycles. The number of imidazole rings is 1. The summed E-state index contributed by atoms with van der Waals surface area (Å²) < 4.78 is 48.7. The first-order valence-electron chi connectivity index (χ1n) is 9.66. The van der Waals surface area contributed by atoms with E-state index in [1.807, 2.05) is 0 Å². The normalized spacial score (nSPS) is 26.0. The summed E-state index contributed by atoms with van der Waals surface area (Å²) >= 11 is 5.91. The Morgan fingerprint density at radius 2 is 2.14 bits per heavy atom. The molecule has 1 unspecified atom stereocenters. The Morgan fingerprint density at radius 1 is 1.31 bits per heavy atom. The molecule has 158 valence electrons. The van der Waals surface area contributed by atoms with E-state index < -0.39 is 15.8 Å². The van der Waals surface area contributed by atoms with Gasteiger partial charge in [-0.3, -0.25) is 0 Å². The summed E-state index contributed by atoms with van der Waals surface area (Å²) in [6.45, 7) is 1.30. The molecule has 29 heavy (non-hydrogen) atoms. The fourth-order valence-electron chi connectivity index (χ4n) is 4.07. The first-order chi connectivity index (χ1) is 13.8. The van der Waals surface area contributed by atoms with Crippen molar-refractivity contribution in [3.8, 4) is 0 Å². The molecule has 0 amide bonds. The molecule has 2 aliphatic heterocycles. The van der Waals surface area contributed by atoms with E-state index in [9.17, 15) is 12.8 Å². The standard InChI is InChI=1S/C19H24ClFN4O3S/c1-24-11-19(22-12-24)29(26,27)25-9-14(18-4-2-3-7-28-18)17(10-25)23-13-5-6-16(21)15(20)8-13/h5-6,8,11-12,14,17-18,23H,2-4,7,9-10H2,1H3/t14-,17-,18?/m0/s1. The summed E-state index contributed by atoms with van der Waals surface area (Å²) in [5, 5.41) is 3.41. The van der Waals surface area contributed by atoms with Gasteiger partial charge < -0.3 is 14.6 Å². The minimum absolute atomic E-state index is 0.0245. The van der Waals surface area contributed by atoms with Gasteiger partial charge in [-0.1, -0.05) is 11.6 Å². The third-order valence-electron chi connectivity index (χ3n) is 5.58. The average Bonchev–Trinajstić information content (AvgIpc) is 3.33. The molecule has 0 spiro atoms. The van der Waals surface area contributed by atoms with Crippen molar-refractivity contribution in [1.29, 1.82) is 0 Å². The molecule has 10 heteroatoms. The lowest BCUT2D eigenvalue weighted by molar-refractivity contribution is -0.0189. The zero-order valence-electron chi connectivity index (χ0n) is 16.1. The molecule has 2 aliphatic rings. The van der Waals surface area contributed by atoms with Crippen LogP contribution in [0.5, 0.6) is 0 Å². The van der Waals surface area contributed by atoms with Gasteiger partial charge in [-0.15, -0.1) is 0 Å². The third kappa shape index (κ3) is 4.28. The van der Waals surface area contributed by atoms with Crippen LogP contribution in [-0.2, 0) is 21.8 Å². The van der Waals surface area contributed by atoms with Crippen molar-refractivity contribution < 1.29 is 17.5 Å². The first kappa shape index (κ1) is 20.6. The van der Waals surface area contributed by atoms with E-state index >= 15 is 0 Å². The number of rotatable bonds is 5. The molecule has 7 nitrogen and oxygen atoms in total. The second-order valence-electron chi connectivity index (χ2n) is 7.65. The van der Waals surface area contributed by atoms with E-state index in [-0.39, 0.29) is 34.7 Å². The Kier molecular flexibility index (Phi) is 5.83. The Morgan fingerprint density at radius 3 is 2.79 bits per heavy atom. The van der Waals surface area contributed by atoms with Crippen LogP contribution >= 0.6 is 11.6 Å². The number of aryl methyl sites for hydroxylation is 1. The predicted molar refractivity (Wildman–Crippen MR) is 108 cm³/mol. The minimum Gasteiger partial charge on any atom is -0.381 e. The highest BCUT2D eigenvalue weighted by molar-refractivity contribution is 7.89.